The molecule has 0 aliphatic carbocycles. The van der Waals surface area contributed by atoms with Gasteiger partial charge in [0.25, 0.3) is 5.69 Å². The molecule has 1 heterocycles. The van der Waals surface area contributed by atoms with Crippen LogP contribution < -0.4 is 0 Å². The molecule has 2 aromatic rings. The molecule has 8 heteroatoms. The largest absolute Gasteiger partial charge is 0.476 e. The number of hydrogen-bond acceptors (Lipinski definition) is 4. The van der Waals surface area contributed by atoms with Crippen molar-refractivity contribution in [3.8, 4) is 5.69 Å². The van der Waals surface area contributed by atoms with Crippen molar-refractivity contribution in [3.05, 3.63) is 51.3 Å². The Kier molecular flexibility index (Phi) is 2.99. The Morgan fingerprint density at radius 3 is 2.72 bits per heavy atom. The molecular weight excluding hydrogens is 262 g/mol. The van der Waals surface area contributed by atoms with Gasteiger partial charge in [0.15, 0.2) is 5.69 Å². The second-order valence-corrected chi connectivity index (χ2v) is 3.75. The molecule has 0 bridgehead atoms. The third-order valence-electron chi connectivity index (χ3n) is 2.20. The van der Waals surface area contributed by atoms with E-state index in [2.05, 4.69) is 5.10 Å². The van der Waals surface area contributed by atoms with E-state index in [1.165, 1.54) is 35.1 Å². The fraction of sp³-hybridized carbons (Fsp3) is 0. The maximum atomic E-state index is 10.7. The van der Waals surface area contributed by atoms with Crippen molar-refractivity contribution in [3.63, 3.8) is 0 Å². The molecule has 2 rings (SSSR count). The topological polar surface area (TPSA) is 98.3 Å². The van der Waals surface area contributed by atoms with Crippen molar-refractivity contribution in [1.29, 1.82) is 0 Å². The highest BCUT2D eigenvalue weighted by molar-refractivity contribution is 6.32. The fourth-order valence-corrected chi connectivity index (χ4v) is 1.55. The van der Waals surface area contributed by atoms with Gasteiger partial charge in [-0.15, -0.1) is 0 Å². The molecule has 0 radical (unpaired) electrons. The molecule has 0 saturated heterocycles. The summed E-state index contributed by atoms with van der Waals surface area (Å²) in [6, 6.07) is 5.38. The van der Waals surface area contributed by atoms with Crippen LogP contribution in [0.5, 0.6) is 0 Å². The summed E-state index contributed by atoms with van der Waals surface area (Å²) in [5.74, 6) is -1.17. The van der Waals surface area contributed by atoms with Crippen LogP contribution in [0.3, 0.4) is 0 Å². The van der Waals surface area contributed by atoms with E-state index in [4.69, 9.17) is 16.7 Å². The van der Waals surface area contributed by atoms with Crippen LogP contribution in [0, 0.1) is 10.1 Å². The van der Waals surface area contributed by atoms with E-state index >= 15 is 0 Å². The van der Waals surface area contributed by atoms with Gasteiger partial charge in [0.2, 0.25) is 0 Å². The summed E-state index contributed by atoms with van der Waals surface area (Å²) >= 11 is 5.67. The molecule has 1 aromatic heterocycles. The molecule has 92 valence electrons. The molecule has 0 saturated carbocycles. The third kappa shape index (κ3) is 2.16. The van der Waals surface area contributed by atoms with Gasteiger partial charge in [0.1, 0.15) is 5.02 Å². The van der Waals surface area contributed by atoms with Gasteiger partial charge in [-0.1, -0.05) is 11.6 Å². The summed E-state index contributed by atoms with van der Waals surface area (Å²) in [6.07, 6.45) is 1.40. The van der Waals surface area contributed by atoms with Crippen molar-refractivity contribution in [2.75, 3.05) is 0 Å². The number of aromatic carboxylic acids is 1. The normalized spacial score (nSPS) is 10.3. The average Bonchev–Trinajstić information content (AvgIpc) is 2.78. The quantitative estimate of drug-likeness (QED) is 0.678. The monoisotopic (exact) mass is 267 g/mol. The van der Waals surface area contributed by atoms with Crippen LogP contribution in [-0.4, -0.2) is 25.8 Å². The van der Waals surface area contributed by atoms with Crippen molar-refractivity contribution in [2.45, 2.75) is 0 Å². The minimum Gasteiger partial charge on any atom is -0.476 e. The number of halogens is 1. The highest BCUT2D eigenvalue weighted by atomic mass is 35.5. The third-order valence-corrected chi connectivity index (χ3v) is 2.52. The summed E-state index contributed by atoms with van der Waals surface area (Å²) in [5, 5.41) is 23.2. The molecule has 0 amide bonds. The second-order valence-electron chi connectivity index (χ2n) is 3.34. The summed E-state index contributed by atoms with van der Waals surface area (Å²) in [6.45, 7) is 0. The number of rotatable bonds is 3. The number of nitrogens with zero attached hydrogens (tertiary/aromatic N) is 3. The smallest absolute Gasteiger partial charge is 0.356 e. The van der Waals surface area contributed by atoms with Gasteiger partial charge in [-0.3, -0.25) is 10.1 Å². The Bertz CT molecular complexity index is 638. The number of nitro groups is 1. The summed E-state index contributed by atoms with van der Waals surface area (Å²) < 4.78 is 1.23. The van der Waals surface area contributed by atoms with Crippen LogP contribution in [0.4, 0.5) is 5.69 Å². The lowest BCUT2D eigenvalue weighted by atomic mass is 10.3. The van der Waals surface area contributed by atoms with Gasteiger partial charge < -0.3 is 5.11 Å². The molecular formula is C10H6ClN3O4. The van der Waals surface area contributed by atoms with Crippen LogP contribution in [0.25, 0.3) is 5.69 Å². The number of hydrogen-bond donors (Lipinski definition) is 1. The zero-order valence-corrected chi connectivity index (χ0v) is 9.53. The molecule has 0 aliphatic heterocycles. The highest BCUT2D eigenvalue weighted by Gasteiger charge is 2.14. The Morgan fingerprint density at radius 1 is 1.44 bits per heavy atom. The van der Waals surface area contributed by atoms with Crippen molar-refractivity contribution >= 4 is 23.3 Å². The number of nitro benzene ring substituents is 1. The number of carboxylic acid groups (broad SMARTS) is 1. The van der Waals surface area contributed by atoms with Crippen LogP contribution in [-0.2, 0) is 0 Å². The molecule has 18 heavy (non-hydrogen) atoms. The van der Waals surface area contributed by atoms with Gasteiger partial charge in [-0.05, 0) is 18.2 Å². The predicted octanol–water partition coefficient (Wildman–Crippen LogP) is 2.13. The lowest BCUT2D eigenvalue weighted by molar-refractivity contribution is -0.384. The van der Waals surface area contributed by atoms with Crippen LogP contribution in [0.1, 0.15) is 10.5 Å². The summed E-state index contributed by atoms with van der Waals surface area (Å²) in [5.41, 5.74) is -0.0484. The van der Waals surface area contributed by atoms with Gasteiger partial charge in [-0.2, -0.15) is 5.10 Å². The minimum atomic E-state index is -1.17. The SMILES string of the molecule is O=C(O)c1ccn(-c2ccc(Cl)c([N+](=O)[O-])c2)n1. The number of aromatic nitrogens is 2. The highest BCUT2D eigenvalue weighted by Crippen LogP contribution is 2.26. The minimum absolute atomic E-state index is 0.00867. The maximum Gasteiger partial charge on any atom is 0.356 e. The first-order chi connectivity index (χ1) is 8.49. The van der Waals surface area contributed by atoms with E-state index in [-0.39, 0.29) is 16.4 Å². The lowest BCUT2D eigenvalue weighted by Gasteiger charge is -2.01. The molecule has 1 aromatic carbocycles. The van der Waals surface area contributed by atoms with E-state index in [9.17, 15) is 14.9 Å². The molecule has 7 nitrogen and oxygen atoms in total. The number of carbonyl (C=O) groups is 1. The fourth-order valence-electron chi connectivity index (χ4n) is 1.37. The Hall–Kier alpha value is -2.41. The zero-order valence-electron chi connectivity index (χ0n) is 8.78. The number of carboxylic acids is 1. The van der Waals surface area contributed by atoms with Crippen LogP contribution in [0.2, 0.25) is 5.02 Å². The Labute approximate surface area is 105 Å². The van der Waals surface area contributed by atoms with Crippen molar-refractivity contribution in [1.82, 2.24) is 9.78 Å². The predicted molar refractivity (Wildman–Crippen MR) is 62.2 cm³/mol. The maximum absolute atomic E-state index is 10.7. The van der Waals surface area contributed by atoms with Gasteiger partial charge in [0, 0.05) is 12.3 Å². The first-order valence-corrected chi connectivity index (χ1v) is 5.10. The van der Waals surface area contributed by atoms with Gasteiger partial charge in [-0.25, -0.2) is 9.48 Å². The Morgan fingerprint density at radius 2 is 2.17 bits per heavy atom. The van der Waals surface area contributed by atoms with Gasteiger partial charge >= 0.3 is 5.97 Å². The molecule has 1 N–H and O–H groups in total. The molecule has 0 unspecified atom stereocenters. The summed E-state index contributed by atoms with van der Waals surface area (Å²) in [7, 11) is 0. The summed E-state index contributed by atoms with van der Waals surface area (Å²) in [4.78, 5) is 20.8. The molecule has 0 fully saturated rings. The standard InChI is InChI=1S/C10H6ClN3O4/c11-7-2-1-6(5-9(7)14(17)18)13-4-3-8(12-13)10(15)16/h1-5H,(H,15,16). The first-order valence-electron chi connectivity index (χ1n) is 4.72. The van der Waals surface area contributed by atoms with Crippen molar-refractivity contribution in [2.24, 2.45) is 0 Å². The van der Waals surface area contributed by atoms with Crippen molar-refractivity contribution < 1.29 is 14.8 Å². The number of benzene rings is 1. The van der Waals surface area contributed by atoms with E-state index in [1.807, 2.05) is 0 Å². The van der Waals surface area contributed by atoms with E-state index in [0.29, 0.717) is 5.69 Å². The zero-order chi connectivity index (χ0) is 13.3. The average molecular weight is 268 g/mol. The molecule has 0 spiro atoms. The van der Waals surface area contributed by atoms with Gasteiger partial charge in [0.05, 0.1) is 10.6 Å². The van der Waals surface area contributed by atoms with Crippen LogP contribution >= 0.6 is 11.6 Å². The second kappa shape index (κ2) is 4.46. The Balaban J connectivity index is 2.47. The first kappa shape index (κ1) is 12.1. The molecule has 0 aliphatic rings. The molecule has 0 atom stereocenters. The van der Waals surface area contributed by atoms with E-state index in [0.717, 1.165) is 0 Å². The lowest BCUT2D eigenvalue weighted by Crippen LogP contribution is -2.01. The van der Waals surface area contributed by atoms with Crippen LogP contribution in [0.15, 0.2) is 30.5 Å². The van der Waals surface area contributed by atoms with E-state index in [1.54, 1.807) is 0 Å². The van der Waals surface area contributed by atoms with E-state index < -0.39 is 10.9 Å².